The van der Waals surface area contributed by atoms with E-state index in [1.807, 2.05) is 30.3 Å². The number of halogens is 2. The monoisotopic (exact) mass is 501 g/mol. The molecular weight excluding hydrogens is 472 g/mol. The normalized spacial score (nSPS) is 22.9. The lowest BCUT2D eigenvalue weighted by Gasteiger charge is -2.35. The van der Waals surface area contributed by atoms with E-state index in [1.165, 1.54) is 13.1 Å². The van der Waals surface area contributed by atoms with Crippen molar-refractivity contribution in [3.8, 4) is 5.75 Å². The standard InChI is InChI=1S/C26H29F2N3O5/c1-29-24(33)19-13-17(23(32)30-10-9-26(28)8-5-11-31(15-26)25(34)35)12-18-21(16-6-3-2-4-7-16)20(14-27)36-22(18)19/h2-4,6-7,12-13,20-21H,5,8-11,14-15H2,1H3,(H,29,33)(H,30,32)(H,34,35). The van der Waals surface area contributed by atoms with Gasteiger partial charge in [0.05, 0.1) is 18.0 Å². The van der Waals surface area contributed by atoms with Crippen LogP contribution in [-0.2, 0) is 0 Å². The summed E-state index contributed by atoms with van der Waals surface area (Å²) in [4.78, 5) is 37.9. The molecule has 10 heteroatoms. The third-order valence-electron chi connectivity index (χ3n) is 6.79. The maximum Gasteiger partial charge on any atom is 0.407 e. The van der Waals surface area contributed by atoms with Gasteiger partial charge in [-0.15, -0.1) is 0 Å². The number of piperidine rings is 1. The van der Waals surface area contributed by atoms with Gasteiger partial charge >= 0.3 is 6.09 Å². The molecule has 0 aliphatic carbocycles. The van der Waals surface area contributed by atoms with Crippen LogP contribution >= 0.6 is 0 Å². The summed E-state index contributed by atoms with van der Waals surface area (Å²) < 4.78 is 35.0. The van der Waals surface area contributed by atoms with Crippen LogP contribution in [0, 0.1) is 0 Å². The molecule has 0 aromatic heterocycles. The molecule has 0 spiro atoms. The van der Waals surface area contributed by atoms with Gasteiger partial charge in [0.2, 0.25) is 0 Å². The molecule has 0 saturated carbocycles. The van der Waals surface area contributed by atoms with Crippen LogP contribution in [0.1, 0.15) is 57.0 Å². The quantitative estimate of drug-likeness (QED) is 0.538. The Morgan fingerprint density at radius 2 is 1.94 bits per heavy atom. The summed E-state index contributed by atoms with van der Waals surface area (Å²) in [5, 5.41) is 14.4. The first-order valence-corrected chi connectivity index (χ1v) is 11.9. The van der Waals surface area contributed by atoms with Crippen LogP contribution < -0.4 is 15.4 Å². The summed E-state index contributed by atoms with van der Waals surface area (Å²) in [5.74, 6) is -1.28. The van der Waals surface area contributed by atoms with Crippen molar-refractivity contribution in [2.45, 2.75) is 37.0 Å². The van der Waals surface area contributed by atoms with Gasteiger partial charge < -0.3 is 25.4 Å². The molecule has 2 aromatic rings. The second kappa shape index (κ2) is 10.5. The maximum absolute atomic E-state index is 15.2. The minimum absolute atomic E-state index is 0.0130. The molecule has 2 aliphatic heterocycles. The highest BCUT2D eigenvalue weighted by Crippen LogP contribution is 2.45. The molecule has 1 saturated heterocycles. The molecular formula is C26H29F2N3O5. The number of fused-ring (bicyclic) bond motifs is 1. The van der Waals surface area contributed by atoms with E-state index in [0.717, 1.165) is 10.5 Å². The Morgan fingerprint density at radius 3 is 2.61 bits per heavy atom. The molecule has 3 atom stereocenters. The highest BCUT2D eigenvalue weighted by Gasteiger charge is 2.40. The van der Waals surface area contributed by atoms with Gasteiger partial charge in [-0.3, -0.25) is 9.59 Å². The van der Waals surface area contributed by atoms with E-state index >= 15 is 4.39 Å². The fourth-order valence-corrected chi connectivity index (χ4v) is 5.00. The van der Waals surface area contributed by atoms with Crippen molar-refractivity contribution in [2.24, 2.45) is 0 Å². The Morgan fingerprint density at radius 1 is 1.19 bits per heavy atom. The summed E-state index contributed by atoms with van der Waals surface area (Å²) in [7, 11) is 1.45. The number of carboxylic acid groups (broad SMARTS) is 1. The van der Waals surface area contributed by atoms with Gasteiger partial charge in [-0.1, -0.05) is 30.3 Å². The number of alkyl halides is 2. The lowest BCUT2D eigenvalue weighted by atomic mass is 9.86. The molecule has 4 rings (SSSR count). The number of amides is 3. The van der Waals surface area contributed by atoms with Crippen molar-refractivity contribution in [3.63, 3.8) is 0 Å². The Kier molecular flexibility index (Phi) is 7.42. The van der Waals surface area contributed by atoms with Gasteiger partial charge in [-0.25, -0.2) is 13.6 Å². The van der Waals surface area contributed by atoms with E-state index in [1.54, 1.807) is 6.07 Å². The summed E-state index contributed by atoms with van der Waals surface area (Å²) >= 11 is 0. The first kappa shape index (κ1) is 25.4. The van der Waals surface area contributed by atoms with Crippen LogP contribution in [-0.4, -0.2) is 73.0 Å². The first-order chi connectivity index (χ1) is 17.3. The average molecular weight is 502 g/mol. The molecule has 2 aromatic carbocycles. The number of hydrogen-bond donors (Lipinski definition) is 3. The van der Waals surface area contributed by atoms with E-state index < -0.39 is 42.3 Å². The third-order valence-corrected chi connectivity index (χ3v) is 6.79. The molecule has 3 unspecified atom stereocenters. The van der Waals surface area contributed by atoms with Gasteiger partial charge in [-0.05, 0) is 30.5 Å². The first-order valence-electron chi connectivity index (χ1n) is 11.9. The van der Waals surface area contributed by atoms with E-state index in [-0.39, 0.29) is 49.4 Å². The van der Waals surface area contributed by atoms with Crippen LogP contribution in [0.2, 0.25) is 0 Å². The number of likely N-dealkylation sites (tertiary alicyclic amines) is 1. The third kappa shape index (κ3) is 5.12. The van der Waals surface area contributed by atoms with Crippen LogP contribution in [0.4, 0.5) is 13.6 Å². The highest BCUT2D eigenvalue weighted by atomic mass is 19.1. The minimum Gasteiger partial charge on any atom is -0.486 e. The van der Waals surface area contributed by atoms with Gasteiger partial charge in [0.1, 0.15) is 24.2 Å². The van der Waals surface area contributed by atoms with Crippen molar-refractivity contribution in [1.29, 1.82) is 0 Å². The molecule has 0 bridgehead atoms. The van der Waals surface area contributed by atoms with Crippen LogP contribution in [0.3, 0.4) is 0 Å². The van der Waals surface area contributed by atoms with E-state index in [9.17, 15) is 18.8 Å². The number of ether oxygens (including phenoxy) is 1. The predicted molar refractivity (Wildman–Crippen MR) is 128 cm³/mol. The second-order valence-corrected chi connectivity index (χ2v) is 9.18. The van der Waals surface area contributed by atoms with Crippen LogP contribution in [0.15, 0.2) is 42.5 Å². The second-order valence-electron chi connectivity index (χ2n) is 9.18. The number of benzene rings is 2. The number of rotatable bonds is 7. The Hall–Kier alpha value is -3.69. The Balaban J connectivity index is 1.57. The maximum atomic E-state index is 15.2. The summed E-state index contributed by atoms with van der Waals surface area (Å²) in [5.41, 5.74) is -0.126. The lowest BCUT2D eigenvalue weighted by molar-refractivity contribution is 0.0391. The molecule has 1 fully saturated rings. The van der Waals surface area contributed by atoms with Crippen molar-refractivity contribution in [3.05, 3.63) is 64.7 Å². The van der Waals surface area contributed by atoms with Gasteiger partial charge in [0.25, 0.3) is 11.8 Å². The van der Waals surface area contributed by atoms with E-state index in [2.05, 4.69) is 10.6 Å². The van der Waals surface area contributed by atoms with Gasteiger partial charge in [0.15, 0.2) is 0 Å². The summed E-state index contributed by atoms with van der Waals surface area (Å²) in [6.07, 6.45) is -1.43. The van der Waals surface area contributed by atoms with Crippen molar-refractivity contribution >= 4 is 17.9 Å². The molecule has 36 heavy (non-hydrogen) atoms. The van der Waals surface area contributed by atoms with E-state index in [0.29, 0.717) is 12.0 Å². The Bertz CT molecular complexity index is 1150. The molecule has 3 amide bonds. The number of nitrogens with zero attached hydrogens (tertiary/aromatic N) is 1. The lowest BCUT2D eigenvalue weighted by Crippen LogP contribution is -2.48. The largest absolute Gasteiger partial charge is 0.486 e. The van der Waals surface area contributed by atoms with Crippen LogP contribution in [0.5, 0.6) is 5.75 Å². The van der Waals surface area contributed by atoms with Crippen molar-refractivity contribution in [2.75, 3.05) is 33.4 Å². The SMILES string of the molecule is CNC(=O)c1cc(C(=O)NCCC2(F)CCCN(C(=O)O)C2)cc2c1OC(CF)C2c1ccccc1. The molecule has 2 aliphatic rings. The zero-order chi connectivity index (χ0) is 25.9. The average Bonchev–Trinajstić information content (AvgIpc) is 3.26. The zero-order valence-corrected chi connectivity index (χ0v) is 19.9. The zero-order valence-electron chi connectivity index (χ0n) is 19.9. The summed E-state index contributed by atoms with van der Waals surface area (Å²) in [6, 6.07) is 12.1. The summed E-state index contributed by atoms with van der Waals surface area (Å²) in [6.45, 7) is -0.746. The number of nitrogens with one attached hydrogen (secondary N) is 2. The molecule has 192 valence electrons. The van der Waals surface area contributed by atoms with Crippen molar-refractivity contribution < 1.29 is 33.0 Å². The molecule has 0 radical (unpaired) electrons. The number of hydrogen-bond acceptors (Lipinski definition) is 4. The van der Waals surface area contributed by atoms with Gasteiger partial charge in [0, 0.05) is 37.7 Å². The van der Waals surface area contributed by atoms with Crippen LogP contribution in [0.25, 0.3) is 0 Å². The highest BCUT2D eigenvalue weighted by molar-refractivity contribution is 6.02. The number of carbonyl (C=O) groups excluding carboxylic acids is 2. The Labute approximate surface area is 207 Å². The topological polar surface area (TPSA) is 108 Å². The fraction of sp³-hybridized carbons (Fsp3) is 0.423. The smallest absolute Gasteiger partial charge is 0.407 e. The predicted octanol–water partition coefficient (Wildman–Crippen LogP) is 3.51. The molecule has 2 heterocycles. The molecule has 8 nitrogen and oxygen atoms in total. The minimum atomic E-state index is -1.73. The fourth-order valence-electron chi connectivity index (χ4n) is 5.00. The van der Waals surface area contributed by atoms with E-state index in [4.69, 9.17) is 9.84 Å². The van der Waals surface area contributed by atoms with Crippen molar-refractivity contribution in [1.82, 2.24) is 15.5 Å². The van der Waals surface area contributed by atoms with Gasteiger partial charge in [-0.2, -0.15) is 0 Å². The molecule has 3 N–H and O–H groups in total. The number of carbonyl (C=O) groups is 3.